The molecule has 29 heavy (non-hydrogen) atoms. The van der Waals surface area contributed by atoms with Crippen molar-refractivity contribution in [2.45, 2.75) is 32.7 Å². The minimum atomic E-state index is -0.219. The van der Waals surface area contributed by atoms with Crippen molar-refractivity contribution in [3.63, 3.8) is 0 Å². The van der Waals surface area contributed by atoms with Crippen LogP contribution in [-0.4, -0.2) is 51.4 Å². The predicted molar refractivity (Wildman–Crippen MR) is 113 cm³/mol. The van der Waals surface area contributed by atoms with Crippen LogP contribution in [-0.2, 0) is 17.8 Å². The smallest absolute Gasteiger partial charge is 0.269 e. The number of fused-ring (bicyclic) bond motifs is 1. The molecule has 0 bridgehead atoms. The first kappa shape index (κ1) is 20.5. The number of aromatic nitrogens is 3. The van der Waals surface area contributed by atoms with E-state index in [0.29, 0.717) is 18.7 Å². The molecule has 0 saturated carbocycles. The largest absolute Gasteiger partial charge is 0.350 e. The van der Waals surface area contributed by atoms with E-state index in [4.69, 9.17) is 0 Å². The standard InChI is InChI=1S/C22H27N5O2/c1-3-4-15-26(2)21(28)16-27-19-11-6-5-9-17(19)25-20(27)12-14-24-22(29)18-10-7-8-13-23-18/h5-11,13H,3-4,12,14-16H2,1-2H3,(H,24,29). The molecule has 152 valence electrons. The average molecular weight is 393 g/mol. The Labute approximate surface area is 170 Å². The Morgan fingerprint density at radius 3 is 2.69 bits per heavy atom. The van der Waals surface area contributed by atoms with Crippen molar-refractivity contribution < 1.29 is 9.59 Å². The SMILES string of the molecule is CCCCN(C)C(=O)Cn1c(CCNC(=O)c2ccccn2)nc2ccccc21. The highest BCUT2D eigenvalue weighted by Gasteiger charge is 2.16. The Kier molecular flexibility index (Phi) is 6.94. The summed E-state index contributed by atoms with van der Waals surface area (Å²) in [5.41, 5.74) is 2.16. The number of nitrogens with one attached hydrogen (secondary N) is 1. The van der Waals surface area contributed by atoms with E-state index >= 15 is 0 Å². The third-order valence-corrected chi connectivity index (χ3v) is 4.83. The summed E-state index contributed by atoms with van der Waals surface area (Å²) in [6.07, 6.45) is 4.15. The number of benzene rings is 1. The predicted octanol–water partition coefficient (Wildman–Crippen LogP) is 2.66. The number of carbonyl (C=O) groups is 2. The Morgan fingerprint density at radius 2 is 1.93 bits per heavy atom. The maximum absolute atomic E-state index is 12.7. The van der Waals surface area contributed by atoms with E-state index in [0.717, 1.165) is 36.2 Å². The van der Waals surface area contributed by atoms with Crippen molar-refractivity contribution in [2.75, 3.05) is 20.1 Å². The van der Waals surface area contributed by atoms with Gasteiger partial charge >= 0.3 is 0 Å². The molecule has 1 aromatic carbocycles. The van der Waals surface area contributed by atoms with Crippen molar-refractivity contribution in [3.8, 4) is 0 Å². The van der Waals surface area contributed by atoms with E-state index in [9.17, 15) is 9.59 Å². The van der Waals surface area contributed by atoms with Crippen molar-refractivity contribution in [1.82, 2.24) is 24.8 Å². The lowest BCUT2D eigenvalue weighted by Crippen LogP contribution is -2.32. The summed E-state index contributed by atoms with van der Waals surface area (Å²) in [5, 5.41) is 2.87. The summed E-state index contributed by atoms with van der Waals surface area (Å²) in [4.78, 5) is 35.4. The minimum Gasteiger partial charge on any atom is -0.350 e. The zero-order chi connectivity index (χ0) is 20.6. The molecule has 7 heteroatoms. The number of likely N-dealkylation sites (N-methyl/N-ethyl adjacent to an activating group) is 1. The highest BCUT2D eigenvalue weighted by molar-refractivity contribution is 5.92. The summed E-state index contributed by atoms with van der Waals surface area (Å²) < 4.78 is 1.95. The number of hydrogen-bond donors (Lipinski definition) is 1. The third kappa shape index (κ3) is 5.19. The summed E-state index contributed by atoms with van der Waals surface area (Å²) in [6, 6.07) is 13.0. The monoisotopic (exact) mass is 393 g/mol. The fourth-order valence-electron chi connectivity index (χ4n) is 3.14. The van der Waals surface area contributed by atoms with Crippen LogP contribution >= 0.6 is 0 Å². The molecule has 0 aliphatic heterocycles. The summed E-state index contributed by atoms with van der Waals surface area (Å²) in [5.74, 6) is 0.619. The van der Waals surface area contributed by atoms with Gasteiger partial charge in [0.15, 0.2) is 0 Å². The summed E-state index contributed by atoms with van der Waals surface area (Å²) >= 11 is 0. The Bertz CT molecular complexity index is 968. The number of hydrogen-bond acceptors (Lipinski definition) is 4. The van der Waals surface area contributed by atoms with Crippen LogP contribution in [0.2, 0.25) is 0 Å². The van der Waals surface area contributed by atoms with Gasteiger partial charge in [0.05, 0.1) is 11.0 Å². The second-order valence-electron chi connectivity index (χ2n) is 6.99. The van der Waals surface area contributed by atoms with E-state index in [2.05, 4.69) is 22.2 Å². The van der Waals surface area contributed by atoms with Crippen LogP contribution in [0.5, 0.6) is 0 Å². The molecule has 0 radical (unpaired) electrons. The Morgan fingerprint density at radius 1 is 1.14 bits per heavy atom. The third-order valence-electron chi connectivity index (χ3n) is 4.83. The minimum absolute atomic E-state index is 0.0559. The van der Waals surface area contributed by atoms with Gasteiger partial charge in [0, 0.05) is 32.8 Å². The van der Waals surface area contributed by atoms with Gasteiger partial charge in [0.2, 0.25) is 5.91 Å². The van der Waals surface area contributed by atoms with Crippen molar-refractivity contribution >= 4 is 22.8 Å². The molecule has 3 aromatic rings. The zero-order valence-electron chi connectivity index (χ0n) is 17.0. The van der Waals surface area contributed by atoms with Crippen molar-refractivity contribution in [1.29, 1.82) is 0 Å². The zero-order valence-corrected chi connectivity index (χ0v) is 17.0. The Hall–Kier alpha value is -3.22. The van der Waals surface area contributed by atoms with Gasteiger partial charge in [-0.15, -0.1) is 0 Å². The number of imidazole rings is 1. The summed E-state index contributed by atoms with van der Waals surface area (Å²) in [7, 11) is 1.84. The van der Waals surface area contributed by atoms with Crippen LogP contribution in [0.4, 0.5) is 0 Å². The first-order valence-electron chi connectivity index (χ1n) is 9.97. The quantitative estimate of drug-likeness (QED) is 0.606. The normalized spacial score (nSPS) is 10.8. The van der Waals surface area contributed by atoms with Crippen molar-refractivity contribution in [3.05, 3.63) is 60.2 Å². The van der Waals surface area contributed by atoms with Gasteiger partial charge in [-0.3, -0.25) is 14.6 Å². The number of carbonyl (C=O) groups excluding carboxylic acids is 2. The average Bonchev–Trinajstić information content (AvgIpc) is 3.09. The molecule has 2 aromatic heterocycles. The second-order valence-corrected chi connectivity index (χ2v) is 6.99. The molecular formula is C22H27N5O2. The molecule has 0 aliphatic carbocycles. The van der Waals surface area contributed by atoms with Gasteiger partial charge in [0.1, 0.15) is 18.1 Å². The topological polar surface area (TPSA) is 80.1 Å². The molecule has 2 heterocycles. The van der Waals surface area contributed by atoms with E-state index in [-0.39, 0.29) is 18.4 Å². The number of unbranched alkanes of at least 4 members (excludes halogenated alkanes) is 1. The van der Waals surface area contributed by atoms with Gasteiger partial charge in [-0.1, -0.05) is 31.5 Å². The first-order chi connectivity index (χ1) is 14.1. The van der Waals surface area contributed by atoms with Crippen LogP contribution in [0.3, 0.4) is 0 Å². The molecule has 7 nitrogen and oxygen atoms in total. The number of nitrogens with zero attached hydrogens (tertiary/aromatic N) is 4. The van der Waals surface area contributed by atoms with E-state index < -0.39 is 0 Å². The van der Waals surface area contributed by atoms with Gasteiger partial charge < -0.3 is 14.8 Å². The number of rotatable bonds is 9. The van der Waals surface area contributed by atoms with Gasteiger partial charge in [-0.05, 0) is 30.7 Å². The van der Waals surface area contributed by atoms with Crippen LogP contribution < -0.4 is 5.32 Å². The molecule has 3 rings (SSSR count). The maximum atomic E-state index is 12.7. The van der Waals surface area contributed by atoms with Gasteiger partial charge in [0.25, 0.3) is 5.91 Å². The molecule has 0 unspecified atom stereocenters. The molecule has 1 N–H and O–H groups in total. The van der Waals surface area contributed by atoms with E-state index in [1.54, 1.807) is 29.3 Å². The lowest BCUT2D eigenvalue weighted by Gasteiger charge is -2.18. The first-order valence-corrected chi connectivity index (χ1v) is 9.97. The molecule has 0 atom stereocenters. The number of pyridine rings is 1. The Balaban J connectivity index is 1.71. The second kappa shape index (κ2) is 9.82. The highest BCUT2D eigenvalue weighted by atomic mass is 16.2. The van der Waals surface area contributed by atoms with Crippen LogP contribution in [0.1, 0.15) is 36.1 Å². The number of amides is 2. The molecule has 0 aliphatic rings. The lowest BCUT2D eigenvalue weighted by atomic mass is 10.3. The summed E-state index contributed by atoms with van der Waals surface area (Å²) in [6.45, 7) is 3.51. The molecule has 0 fully saturated rings. The molecule has 2 amide bonds. The van der Waals surface area contributed by atoms with Crippen LogP contribution in [0.15, 0.2) is 48.7 Å². The molecular weight excluding hydrogens is 366 g/mol. The fraction of sp³-hybridized carbons (Fsp3) is 0.364. The van der Waals surface area contributed by atoms with Gasteiger partial charge in [-0.25, -0.2) is 4.98 Å². The fourth-order valence-corrected chi connectivity index (χ4v) is 3.14. The molecule has 0 spiro atoms. The number of para-hydroxylation sites is 2. The van der Waals surface area contributed by atoms with Gasteiger partial charge in [-0.2, -0.15) is 0 Å². The molecule has 0 saturated heterocycles. The highest BCUT2D eigenvalue weighted by Crippen LogP contribution is 2.17. The van der Waals surface area contributed by atoms with Crippen LogP contribution in [0.25, 0.3) is 11.0 Å². The lowest BCUT2D eigenvalue weighted by molar-refractivity contribution is -0.130. The van der Waals surface area contributed by atoms with Crippen molar-refractivity contribution in [2.24, 2.45) is 0 Å². The van der Waals surface area contributed by atoms with E-state index in [1.807, 2.05) is 35.9 Å². The van der Waals surface area contributed by atoms with Crippen LogP contribution in [0, 0.1) is 0 Å². The maximum Gasteiger partial charge on any atom is 0.269 e. The van der Waals surface area contributed by atoms with E-state index in [1.165, 1.54) is 0 Å².